The number of rotatable bonds is 15. The number of hydrogen-bond acceptors (Lipinski definition) is 9. The molecule has 0 spiro atoms. The number of carbonyl (C=O) groups excluding carboxylic acids is 2. The highest BCUT2D eigenvalue weighted by molar-refractivity contribution is 14.1. The molecule has 1 aliphatic carbocycles. The molecular formula is C32H39IN2O9. The molecule has 1 aliphatic heterocycles. The van der Waals surface area contributed by atoms with E-state index < -0.39 is 24.2 Å². The van der Waals surface area contributed by atoms with Crippen molar-refractivity contribution >= 4 is 34.4 Å². The summed E-state index contributed by atoms with van der Waals surface area (Å²) in [5.74, 6) is 1.27. The van der Waals surface area contributed by atoms with Crippen LogP contribution in [0, 0.1) is 3.57 Å². The Morgan fingerprint density at radius 3 is 2.68 bits per heavy atom. The number of nitrogens with zero attached hydrogens (tertiary/aromatic N) is 1. The second-order valence-electron chi connectivity index (χ2n) is 10.5. The third-order valence-electron chi connectivity index (χ3n) is 7.50. The van der Waals surface area contributed by atoms with Crippen molar-refractivity contribution in [3.05, 3.63) is 69.3 Å². The van der Waals surface area contributed by atoms with Crippen molar-refractivity contribution in [1.29, 1.82) is 0 Å². The number of unbranched alkanes of at least 4 members (excludes halogenated alkanes) is 2. The van der Waals surface area contributed by atoms with Gasteiger partial charge in [0.15, 0.2) is 23.0 Å². The predicted octanol–water partition coefficient (Wildman–Crippen LogP) is 3.21. The van der Waals surface area contributed by atoms with Gasteiger partial charge in [-0.2, -0.15) is 0 Å². The van der Waals surface area contributed by atoms with Crippen LogP contribution in [0.15, 0.2) is 54.6 Å². The fourth-order valence-corrected chi connectivity index (χ4v) is 6.02. The molecule has 1 heterocycles. The lowest BCUT2D eigenvalue weighted by molar-refractivity contribution is -0.139. The summed E-state index contributed by atoms with van der Waals surface area (Å²) in [5, 5.41) is 33.4. The van der Waals surface area contributed by atoms with Crippen molar-refractivity contribution < 1.29 is 43.9 Å². The lowest BCUT2D eigenvalue weighted by Crippen LogP contribution is -2.54. The average Bonchev–Trinajstić information content (AvgIpc) is 3.50. The predicted molar refractivity (Wildman–Crippen MR) is 170 cm³/mol. The van der Waals surface area contributed by atoms with E-state index in [1.807, 2.05) is 18.2 Å². The Kier molecular flexibility index (Phi) is 12.3. The monoisotopic (exact) mass is 722 g/mol. The van der Waals surface area contributed by atoms with E-state index in [0.29, 0.717) is 44.1 Å². The first kappa shape index (κ1) is 33.6. The van der Waals surface area contributed by atoms with Gasteiger partial charge in [-0.05, 0) is 83.3 Å². The van der Waals surface area contributed by atoms with Crippen LogP contribution in [0.2, 0.25) is 0 Å². The third-order valence-corrected chi connectivity index (χ3v) is 8.30. The largest absolute Gasteiger partial charge is 0.493 e. The number of fused-ring (bicyclic) bond motifs is 1. The minimum Gasteiger partial charge on any atom is -0.493 e. The van der Waals surface area contributed by atoms with Gasteiger partial charge in [0.25, 0.3) is 0 Å². The van der Waals surface area contributed by atoms with Crippen LogP contribution in [-0.4, -0.2) is 77.3 Å². The molecule has 2 aromatic rings. The Bertz CT molecular complexity index is 1370. The molecule has 44 heavy (non-hydrogen) atoms. The number of carbonyl (C=O) groups is 2. The highest BCUT2D eigenvalue weighted by Crippen LogP contribution is 2.38. The minimum atomic E-state index is -1.21. The molecule has 0 saturated carbocycles. The molecule has 0 saturated heterocycles. The summed E-state index contributed by atoms with van der Waals surface area (Å²) < 4.78 is 23.5. The molecule has 12 heteroatoms. The number of nitrogens with one attached hydrogen (secondary N) is 1. The Morgan fingerprint density at radius 1 is 1.16 bits per heavy atom. The molecule has 4 N–H and O–H groups in total. The number of methoxy groups -OCH3 is 1. The molecule has 3 atom stereocenters. The fraction of sp³-hybridized carbons (Fsp3) is 0.438. The summed E-state index contributed by atoms with van der Waals surface area (Å²) in [6.07, 6.45) is 3.65. The van der Waals surface area contributed by atoms with E-state index in [1.54, 1.807) is 29.2 Å². The molecule has 2 aromatic carbocycles. The van der Waals surface area contributed by atoms with Gasteiger partial charge in [-0.3, -0.25) is 9.59 Å². The Morgan fingerprint density at radius 2 is 1.95 bits per heavy atom. The van der Waals surface area contributed by atoms with Gasteiger partial charge in [0.1, 0.15) is 12.2 Å². The Labute approximate surface area is 270 Å². The van der Waals surface area contributed by atoms with Crippen LogP contribution in [0.5, 0.6) is 23.0 Å². The van der Waals surface area contributed by atoms with Crippen LogP contribution in [0.25, 0.3) is 0 Å². The number of benzene rings is 2. The van der Waals surface area contributed by atoms with Gasteiger partial charge in [0, 0.05) is 31.5 Å². The summed E-state index contributed by atoms with van der Waals surface area (Å²) in [6, 6.07) is 7.99. The van der Waals surface area contributed by atoms with Crippen LogP contribution in [0.3, 0.4) is 0 Å². The van der Waals surface area contributed by atoms with Crippen molar-refractivity contribution in [1.82, 2.24) is 10.2 Å². The Balaban J connectivity index is 1.70. The number of halogens is 1. The first-order valence-electron chi connectivity index (χ1n) is 14.5. The maximum atomic E-state index is 13.8. The quantitative estimate of drug-likeness (QED) is 0.124. The average molecular weight is 723 g/mol. The molecule has 11 nitrogen and oxygen atoms in total. The SMILES string of the molecule is C=CCCCCC(=O)N(Cc1ccc2c(c1)OCO2)C1CC(C(=O)NCCO)=CC(Oc2c(I)cc(CO)cc2OC)C1O. The van der Waals surface area contributed by atoms with Crippen molar-refractivity contribution in [3.63, 3.8) is 0 Å². The van der Waals surface area contributed by atoms with E-state index in [4.69, 9.17) is 18.9 Å². The summed E-state index contributed by atoms with van der Waals surface area (Å²) in [4.78, 5) is 28.6. The van der Waals surface area contributed by atoms with Gasteiger partial charge < -0.3 is 44.5 Å². The van der Waals surface area contributed by atoms with Gasteiger partial charge in [-0.25, -0.2) is 0 Å². The van der Waals surface area contributed by atoms with Crippen LogP contribution < -0.4 is 24.3 Å². The Hall–Kier alpha value is -3.33. The number of aliphatic hydroxyl groups excluding tert-OH is 3. The molecule has 4 rings (SSSR count). The van der Waals surface area contributed by atoms with Gasteiger partial charge in [-0.15, -0.1) is 6.58 Å². The summed E-state index contributed by atoms with van der Waals surface area (Å²) in [5.41, 5.74) is 1.71. The van der Waals surface area contributed by atoms with Crippen molar-refractivity contribution in [2.75, 3.05) is 27.1 Å². The van der Waals surface area contributed by atoms with Crippen molar-refractivity contribution in [3.8, 4) is 23.0 Å². The highest BCUT2D eigenvalue weighted by atomic mass is 127. The summed E-state index contributed by atoms with van der Waals surface area (Å²) >= 11 is 2.06. The van der Waals surface area contributed by atoms with E-state index in [9.17, 15) is 24.9 Å². The van der Waals surface area contributed by atoms with E-state index in [2.05, 4.69) is 34.5 Å². The van der Waals surface area contributed by atoms with E-state index in [1.165, 1.54) is 7.11 Å². The number of aliphatic hydroxyl groups is 3. The lowest BCUT2D eigenvalue weighted by atomic mass is 9.87. The van der Waals surface area contributed by atoms with Gasteiger partial charge >= 0.3 is 0 Å². The van der Waals surface area contributed by atoms with Crippen LogP contribution >= 0.6 is 22.6 Å². The van der Waals surface area contributed by atoms with Gasteiger partial charge in [0.05, 0.1) is 29.9 Å². The van der Waals surface area contributed by atoms with E-state index in [0.717, 1.165) is 18.4 Å². The highest BCUT2D eigenvalue weighted by Gasteiger charge is 2.41. The zero-order chi connectivity index (χ0) is 31.6. The second kappa shape index (κ2) is 16.1. The van der Waals surface area contributed by atoms with Gasteiger partial charge in [0.2, 0.25) is 18.6 Å². The van der Waals surface area contributed by atoms with Crippen LogP contribution in [0.1, 0.15) is 43.2 Å². The smallest absolute Gasteiger partial charge is 0.247 e. The van der Waals surface area contributed by atoms with E-state index in [-0.39, 0.29) is 51.8 Å². The lowest BCUT2D eigenvalue weighted by Gasteiger charge is -2.41. The van der Waals surface area contributed by atoms with Gasteiger partial charge in [-0.1, -0.05) is 12.1 Å². The topological polar surface area (TPSA) is 147 Å². The zero-order valence-electron chi connectivity index (χ0n) is 24.7. The normalized spacial score (nSPS) is 18.8. The minimum absolute atomic E-state index is 0.0480. The third kappa shape index (κ3) is 8.23. The molecule has 3 unspecified atom stereocenters. The second-order valence-corrected chi connectivity index (χ2v) is 11.7. The maximum Gasteiger partial charge on any atom is 0.247 e. The molecule has 2 aliphatic rings. The number of hydrogen-bond donors (Lipinski definition) is 4. The molecule has 238 valence electrons. The number of allylic oxidation sites excluding steroid dienone is 1. The first-order valence-corrected chi connectivity index (χ1v) is 15.6. The first-order chi connectivity index (χ1) is 21.3. The van der Waals surface area contributed by atoms with Crippen molar-refractivity contribution in [2.24, 2.45) is 0 Å². The molecule has 0 bridgehead atoms. The number of ether oxygens (including phenoxy) is 4. The molecule has 2 amide bonds. The molecule has 0 aromatic heterocycles. The zero-order valence-corrected chi connectivity index (χ0v) is 26.8. The van der Waals surface area contributed by atoms with Crippen LogP contribution in [-0.2, 0) is 22.7 Å². The molecular weight excluding hydrogens is 683 g/mol. The molecule has 0 fully saturated rings. The summed E-state index contributed by atoms with van der Waals surface area (Å²) in [7, 11) is 1.47. The molecule has 0 radical (unpaired) electrons. The van der Waals surface area contributed by atoms with E-state index >= 15 is 0 Å². The maximum absolute atomic E-state index is 13.8. The summed E-state index contributed by atoms with van der Waals surface area (Å²) in [6.45, 7) is 3.64. The van der Waals surface area contributed by atoms with Crippen LogP contribution in [0.4, 0.5) is 0 Å². The van der Waals surface area contributed by atoms with Crippen molar-refractivity contribution in [2.45, 2.75) is 63.5 Å². The fourth-order valence-electron chi connectivity index (χ4n) is 5.23. The number of amides is 2. The standard InChI is InChI=1S/C32H39IN2O9/c1-3-4-5-6-7-29(38)35(17-20-8-9-25-26(13-20)43-19-42-25)24-15-22(32(40)34-10-11-36)16-27(30(24)39)44-31-23(33)12-21(18-37)14-28(31)41-2/h3,8-9,12-14,16,24,27,30,36-37,39H,1,4-7,10-11,15,17-19H2,2H3,(H,34,40).